The summed E-state index contributed by atoms with van der Waals surface area (Å²) in [6.45, 7) is 5.60. The number of ketones is 1. The van der Waals surface area contributed by atoms with Crippen molar-refractivity contribution in [3.8, 4) is 5.69 Å². The van der Waals surface area contributed by atoms with Crippen molar-refractivity contribution >= 4 is 23.7 Å². The molecule has 0 atom stereocenters. The van der Waals surface area contributed by atoms with Crippen LogP contribution in [0.2, 0.25) is 0 Å². The van der Waals surface area contributed by atoms with Crippen molar-refractivity contribution in [1.82, 2.24) is 15.1 Å². The Bertz CT molecular complexity index is 1180. The number of hydrogen-bond acceptors (Lipinski definition) is 5. The number of para-hydroxylation sites is 1. The third-order valence-electron chi connectivity index (χ3n) is 5.37. The lowest BCUT2D eigenvalue weighted by Gasteiger charge is -2.05. The lowest BCUT2D eigenvalue weighted by Crippen LogP contribution is -2.21. The van der Waals surface area contributed by atoms with Crippen LogP contribution < -0.4 is 5.32 Å². The van der Waals surface area contributed by atoms with Crippen molar-refractivity contribution < 1.29 is 19.1 Å². The fourth-order valence-corrected chi connectivity index (χ4v) is 3.55. The highest BCUT2D eigenvalue weighted by Gasteiger charge is 2.12. The molecule has 7 nitrogen and oxygen atoms in total. The highest BCUT2D eigenvalue weighted by Crippen LogP contribution is 2.19. The van der Waals surface area contributed by atoms with E-state index in [-0.39, 0.29) is 18.3 Å². The van der Waals surface area contributed by atoms with E-state index in [4.69, 9.17) is 4.74 Å². The second-order valence-corrected chi connectivity index (χ2v) is 7.98. The van der Waals surface area contributed by atoms with Gasteiger partial charge in [0.25, 0.3) is 0 Å². The van der Waals surface area contributed by atoms with Crippen molar-refractivity contribution in [2.75, 3.05) is 13.2 Å². The molecule has 0 bridgehead atoms. The van der Waals surface area contributed by atoms with E-state index in [1.807, 2.05) is 61.0 Å². The number of Topliss-reactive ketones (excluding diaryl/α,β-unsaturated/α-hetero) is 1. The third kappa shape index (κ3) is 6.75. The van der Waals surface area contributed by atoms with Crippen LogP contribution in [0.15, 0.2) is 60.7 Å². The van der Waals surface area contributed by atoms with Gasteiger partial charge in [0.2, 0.25) is 5.91 Å². The molecule has 0 aliphatic carbocycles. The molecule has 0 fully saturated rings. The normalized spacial score (nSPS) is 10.9. The Hall–Kier alpha value is -4.00. The van der Waals surface area contributed by atoms with Crippen LogP contribution in [0.5, 0.6) is 0 Å². The number of hydrogen-bond donors (Lipinski definition) is 1. The van der Waals surface area contributed by atoms with Gasteiger partial charge in [-0.15, -0.1) is 0 Å². The van der Waals surface area contributed by atoms with Gasteiger partial charge in [0.1, 0.15) is 0 Å². The van der Waals surface area contributed by atoms with Gasteiger partial charge in [0.15, 0.2) is 12.4 Å². The van der Waals surface area contributed by atoms with Crippen molar-refractivity contribution in [3.63, 3.8) is 0 Å². The van der Waals surface area contributed by atoms with E-state index in [0.29, 0.717) is 12.1 Å². The molecule has 0 spiro atoms. The number of esters is 1. The molecule has 0 saturated heterocycles. The first-order valence-corrected chi connectivity index (χ1v) is 11.2. The van der Waals surface area contributed by atoms with Crippen LogP contribution in [0.25, 0.3) is 11.8 Å². The van der Waals surface area contributed by atoms with E-state index in [9.17, 15) is 14.4 Å². The van der Waals surface area contributed by atoms with Gasteiger partial charge >= 0.3 is 5.97 Å². The van der Waals surface area contributed by atoms with Gasteiger partial charge in [0.05, 0.1) is 11.4 Å². The maximum atomic E-state index is 12.4. The molecule has 3 aromatic rings. The van der Waals surface area contributed by atoms with Crippen molar-refractivity contribution in [2.24, 2.45) is 0 Å². The van der Waals surface area contributed by atoms with Gasteiger partial charge in [-0.1, -0.05) is 42.5 Å². The Kier molecular flexibility index (Phi) is 8.51. The summed E-state index contributed by atoms with van der Waals surface area (Å²) in [7, 11) is 0. The Morgan fingerprint density at radius 3 is 2.41 bits per heavy atom. The Balaban J connectivity index is 1.52. The molecule has 0 radical (unpaired) electrons. The summed E-state index contributed by atoms with van der Waals surface area (Å²) in [6, 6.07) is 17.0. The molecule has 1 amide bonds. The lowest BCUT2D eigenvalue weighted by molar-refractivity contribution is -0.136. The minimum absolute atomic E-state index is 0.0436. The molecule has 1 heterocycles. The number of ether oxygens (including phenoxy) is 1. The Labute approximate surface area is 199 Å². The number of rotatable bonds is 10. The summed E-state index contributed by atoms with van der Waals surface area (Å²) in [4.78, 5) is 35.4. The molecule has 7 heteroatoms. The molecule has 0 aliphatic heterocycles. The lowest BCUT2D eigenvalue weighted by atomic mass is 10.1. The summed E-state index contributed by atoms with van der Waals surface area (Å²) in [5, 5.41) is 7.31. The SMILES string of the molecule is CC(=O)NCCCc1ccc(C(=O)COC(=O)/C=C/c2c(C)nn(-c3ccccc3)c2C)cc1. The van der Waals surface area contributed by atoms with Gasteiger partial charge < -0.3 is 10.1 Å². The molecule has 176 valence electrons. The number of amides is 1. The van der Waals surface area contributed by atoms with Crippen LogP contribution in [0.3, 0.4) is 0 Å². The van der Waals surface area contributed by atoms with E-state index in [2.05, 4.69) is 10.4 Å². The monoisotopic (exact) mass is 459 g/mol. The van der Waals surface area contributed by atoms with E-state index in [1.54, 1.807) is 18.2 Å². The van der Waals surface area contributed by atoms with E-state index in [0.717, 1.165) is 41.0 Å². The first-order chi connectivity index (χ1) is 16.3. The van der Waals surface area contributed by atoms with Crippen LogP contribution in [-0.2, 0) is 20.7 Å². The second-order valence-electron chi connectivity index (χ2n) is 7.98. The summed E-state index contributed by atoms with van der Waals surface area (Å²) >= 11 is 0. The highest BCUT2D eigenvalue weighted by atomic mass is 16.5. The zero-order valence-electron chi connectivity index (χ0n) is 19.7. The largest absolute Gasteiger partial charge is 0.454 e. The quantitative estimate of drug-likeness (QED) is 0.214. The summed E-state index contributed by atoms with van der Waals surface area (Å²) in [5.74, 6) is -0.900. The van der Waals surface area contributed by atoms with Crippen LogP contribution in [-0.4, -0.2) is 40.6 Å². The maximum absolute atomic E-state index is 12.4. The van der Waals surface area contributed by atoms with Gasteiger partial charge in [-0.05, 0) is 50.5 Å². The predicted molar refractivity (Wildman–Crippen MR) is 131 cm³/mol. The number of aromatic nitrogens is 2. The smallest absolute Gasteiger partial charge is 0.331 e. The summed E-state index contributed by atoms with van der Waals surface area (Å²) in [5.41, 5.74) is 5.03. The van der Waals surface area contributed by atoms with Crippen LogP contribution in [0.1, 0.15) is 46.2 Å². The molecule has 0 unspecified atom stereocenters. The van der Waals surface area contributed by atoms with Crippen molar-refractivity contribution in [1.29, 1.82) is 0 Å². The minimum atomic E-state index is -0.589. The first-order valence-electron chi connectivity index (χ1n) is 11.2. The van der Waals surface area contributed by atoms with Crippen molar-refractivity contribution in [3.05, 3.63) is 88.8 Å². The Morgan fingerprint density at radius 2 is 1.74 bits per heavy atom. The predicted octanol–water partition coefficient (Wildman–Crippen LogP) is 4.00. The molecule has 0 saturated carbocycles. The van der Waals surface area contributed by atoms with Crippen LogP contribution in [0, 0.1) is 13.8 Å². The molecule has 3 rings (SSSR count). The van der Waals surface area contributed by atoms with Gasteiger partial charge in [-0.3, -0.25) is 9.59 Å². The molecule has 34 heavy (non-hydrogen) atoms. The molecule has 2 aromatic carbocycles. The second kappa shape index (κ2) is 11.7. The number of benzene rings is 2. The number of nitrogens with one attached hydrogen (secondary N) is 1. The summed E-state index contributed by atoms with van der Waals surface area (Å²) in [6.07, 6.45) is 4.60. The number of nitrogens with zero attached hydrogens (tertiary/aromatic N) is 2. The van der Waals surface area contributed by atoms with E-state index >= 15 is 0 Å². The molecule has 0 aliphatic rings. The van der Waals surface area contributed by atoms with Gasteiger partial charge in [0, 0.05) is 36.4 Å². The topological polar surface area (TPSA) is 90.3 Å². The van der Waals surface area contributed by atoms with Crippen LogP contribution in [0.4, 0.5) is 0 Å². The maximum Gasteiger partial charge on any atom is 0.331 e. The molecule has 1 N–H and O–H groups in total. The average Bonchev–Trinajstić information content (AvgIpc) is 3.12. The summed E-state index contributed by atoms with van der Waals surface area (Å²) < 4.78 is 6.97. The third-order valence-corrected chi connectivity index (χ3v) is 5.37. The average molecular weight is 460 g/mol. The van der Waals surface area contributed by atoms with Crippen molar-refractivity contribution in [2.45, 2.75) is 33.6 Å². The minimum Gasteiger partial charge on any atom is -0.454 e. The Morgan fingerprint density at radius 1 is 1.03 bits per heavy atom. The van der Waals surface area contributed by atoms with E-state index in [1.165, 1.54) is 13.0 Å². The zero-order chi connectivity index (χ0) is 24.5. The van der Waals surface area contributed by atoms with Gasteiger partial charge in [-0.2, -0.15) is 5.10 Å². The standard InChI is InChI=1S/C27H29N3O4/c1-19-25(20(2)30(29-19)24-9-5-4-6-10-24)15-16-27(33)34-18-26(32)23-13-11-22(12-14-23)8-7-17-28-21(3)31/h4-6,9-16H,7-8,17-18H2,1-3H3,(H,28,31)/b16-15+. The molecule has 1 aromatic heterocycles. The molecular weight excluding hydrogens is 430 g/mol. The fourth-order valence-electron chi connectivity index (χ4n) is 3.55. The number of carbonyl (C=O) groups excluding carboxylic acids is 3. The highest BCUT2D eigenvalue weighted by molar-refractivity contribution is 5.99. The van der Waals surface area contributed by atoms with Gasteiger partial charge in [-0.25, -0.2) is 9.48 Å². The number of aryl methyl sites for hydroxylation is 2. The number of carbonyl (C=O) groups is 3. The fraction of sp³-hybridized carbons (Fsp3) is 0.259. The zero-order valence-corrected chi connectivity index (χ0v) is 19.7. The molecular formula is C27H29N3O4. The first kappa shape index (κ1) is 24.6. The van der Waals surface area contributed by atoms with E-state index < -0.39 is 5.97 Å². The van der Waals surface area contributed by atoms with Crippen LogP contribution >= 0.6 is 0 Å².